The van der Waals surface area contributed by atoms with Gasteiger partial charge >= 0.3 is 0 Å². The van der Waals surface area contributed by atoms with Gasteiger partial charge in [-0.1, -0.05) is 30.7 Å². The summed E-state index contributed by atoms with van der Waals surface area (Å²) in [6.45, 7) is 5.45. The molecule has 176 valence electrons. The van der Waals surface area contributed by atoms with E-state index in [1.807, 2.05) is 63.2 Å². The van der Waals surface area contributed by atoms with Crippen molar-refractivity contribution < 1.29 is 24.2 Å². The van der Waals surface area contributed by atoms with E-state index >= 15 is 0 Å². The second kappa shape index (κ2) is 10.5. The molecule has 7 heteroatoms. The molecular formula is C26H32N2O5. The van der Waals surface area contributed by atoms with E-state index in [4.69, 9.17) is 9.47 Å². The van der Waals surface area contributed by atoms with E-state index in [1.165, 1.54) is 12.0 Å². The predicted molar refractivity (Wildman–Crippen MR) is 128 cm³/mol. The van der Waals surface area contributed by atoms with Gasteiger partial charge in [0, 0.05) is 13.1 Å². The minimum atomic E-state index is -0.713. The van der Waals surface area contributed by atoms with Crippen molar-refractivity contribution in [2.45, 2.75) is 26.3 Å². The third-order valence-electron chi connectivity index (χ3n) is 5.61. The highest BCUT2D eigenvalue weighted by Crippen LogP contribution is 2.41. The number of amides is 1. The first-order chi connectivity index (χ1) is 15.8. The Morgan fingerprint density at radius 1 is 1.12 bits per heavy atom. The van der Waals surface area contributed by atoms with Crippen LogP contribution in [0.5, 0.6) is 11.5 Å². The number of aliphatic hydroxyl groups is 1. The summed E-state index contributed by atoms with van der Waals surface area (Å²) < 4.78 is 11.1. The van der Waals surface area contributed by atoms with Crippen molar-refractivity contribution in [1.82, 2.24) is 9.80 Å². The molecule has 1 aliphatic rings. The van der Waals surface area contributed by atoms with E-state index in [0.29, 0.717) is 36.8 Å². The monoisotopic (exact) mass is 452 g/mol. The fourth-order valence-corrected chi connectivity index (χ4v) is 3.88. The Labute approximate surface area is 195 Å². The molecular weight excluding hydrogens is 420 g/mol. The Balaban J connectivity index is 2.14. The number of rotatable bonds is 9. The minimum absolute atomic E-state index is 0.0601. The van der Waals surface area contributed by atoms with Gasteiger partial charge in [0.25, 0.3) is 11.7 Å². The maximum atomic E-state index is 13.2. The quantitative estimate of drug-likeness (QED) is 0.354. The molecule has 2 aromatic carbocycles. The van der Waals surface area contributed by atoms with E-state index in [-0.39, 0.29) is 11.3 Å². The topological polar surface area (TPSA) is 79.3 Å². The highest BCUT2D eigenvalue weighted by molar-refractivity contribution is 6.46. The van der Waals surface area contributed by atoms with Gasteiger partial charge in [-0.05, 0) is 57.3 Å². The fraction of sp³-hybridized carbons (Fsp3) is 0.385. The number of carbonyl (C=O) groups is 2. The molecule has 0 saturated carbocycles. The highest BCUT2D eigenvalue weighted by Gasteiger charge is 2.46. The number of ether oxygens (including phenoxy) is 2. The summed E-state index contributed by atoms with van der Waals surface area (Å²) in [7, 11) is 5.32. The molecule has 1 atom stereocenters. The van der Waals surface area contributed by atoms with Gasteiger partial charge < -0.3 is 24.4 Å². The van der Waals surface area contributed by atoms with Gasteiger partial charge in [0.2, 0.25) is 0 Å². The summed E-state index contributed by atoms with van der Waals surface area (Å²) in [5.74, 6) is -0.420. The molecule has 0 bridgehead atoms. The minimum Gasteiger partial charge on any atom is -0.507 e. The highest BCUT2D eigenvalue weighted by atomic mass is 16.5. The fourth-order valence-electron chi connectivity index (χ4n) is 3.88. The number of hydrogen-bond acceptors (Lipinski definition) is 6. The van der Waals surface area contributed by atoms with Crippen LogP contribution in [0, 0.1) is 6.92 Å². The number of aryl methyl sites for hydroxylation is 1. The van der Waals surface area contributed by atoms with Gasteiger partial charge in [-0.25, -0.2) is 0 Å². The first-order valence-electron chi connectivity index (χ1n) is 11.1. The van der Waals surface area contributed by atoms with E-state index in [1.54, 1.807) is 12.1 Å². The van der Waals surface area contributed by atoms with Crippen LogP contribution >= 0.6 is 0 Å². The average molecular weight is 453 g/mol. The SMILES string of the molecule is CCCOc1ccc(C2/C(=C(\O)c3cc(C)ccc3OC)C(=O)C(=O)N2CCN(C)C)cc1. The Bertz CT molecular complexity index is 1040. The van der Waals surface area contributed by atoms with Gasteiger partial charge in [0.1, 0.15) is 17.3 Å². The van der Waals surface area contributed by atoms with Crippen LogP contribution in [0.3, 0.4) is 0 Å². The maximum Gasteiger partial charge on any atom is 0.295 e. The number of likely N-dealkylation sites (N-methyl/N-ethyl adjacent to an activating group) is 1. The maximum absolute atomic E-state index is 13.2. The molecule has 0 aliphatic carbocycles. The van der Waals surface area contributed by atoms with E-state index < -0.39 is 17.7 Å². The average Bonchev–Trinajstić information content (AvgIpc) is 3.06. The smallest absolute Gasteiger partial charge is 0.295 e. The Morgan fingerprint density at radius 3 is 2.42 bits per heavy atom. The molecule has 7 nitrogen and oxygen atoms in total. The number of carbonyl (C=O) groups excluding carboxylic acids is 2. The van der Waals surface area contributed by atoms with Gasteiger partial charge in [0.15, 0.2) is 0 Å². The standard InChI is InChI=1S/C26H32N2O5/c1-6-15-33-19-10-8-18(9-11-19)23-22(25(30)26(31)28(23)14-13-27(3)4)24(29)20-16-17(2)7-12-21(20)32-5/h7-12,16,23,29H,6,13-15H2,1-5H3/b24-22+. The Morgan fingerprint density at radius 2 is 1.82 bits per heavy atom. The molecule has 1 N–H and O–H groups in total. The molecule has 0 aromatic heterocycles. The van der Waals surface area contributed by atoms with E-state index in [0.717, 1.165) is 17.5 Å². The number of methoxy groups -OCH3 is 1. The van der Waals surface area contributed by atoms with Gasteiger partial charge in [0.05, 0.1) is 30.9 Å². The van der Waals surface area contributed by atoms with Crippen molar-refractivity contribution in [3.8, 4) is 11.5 Å². The molecule has 1 fully saturated rings. The number of benzene rings is 2. The lowest BCUT2D eigenvalue weighted by atomic mass is 9.94. The zero-order valence-electron chi connectivity index (χ0n) is 19.9. The van der Waals surface area contributed by atoms with Crippen LogP contribution in [-0.2, 0) is 9.59 Å². The molecule has 2 aromatic rings. The summed E-state index contributed by atoms with van der Waals surface area (Å²) in [4.78, 5) is 29.7. The third kappa shape index (κ3) is 5.20. The van der Waals surface area contributed by atoms with Crippen LogP contribution in [0.2, 0.25) is 0 Å². The van der Waals surface area contributed by atoms with Crippen molar-refractivity contribution in [2.24, 2.45) is 0 Å². The van der Waals surface area contributed by atoms with Crippen molar-refractivity contribution in [3.63, 3.8) is 0 Å². The van der Waals surface area contributed by atoms with Crippen LogP contribution < -0.4 is 9.47 Å². The lowest BCUT2D eigenvalue weighted by Gasteiger charge is -2.27. The summed E-state index contributed by atoms with van der Waals surface area (Å²) in [5.41, 5.74) is 2.07. The van der Waals surface area contributed by atoms with E-state index in [2.05, 4.69) is 0 Å². The normalized spacial score (nSPS) is 17.6. The van der Waals surface area contributed by atoms with Crippen LogP contribution in [0.4, 0.5) is 0 Å². The number of ketones is 1. The van der Waals surface area contributed by atoms with Crippen LogP contribution in [0.1, 0.15) is 36.1 Å². The van der Waals surface area contributed by atoms with Crippen molar-refractivity contribution in [2.75, 3.05) is 40.9 Å². The van der Waals surface area contributed by atoms with Crippen LogP contribution in [0.25, 0.3) is 5.76 Å². The van der Waals surface area contributed by atoms with Crippen molar-refractivity contribution in [1.29, 1.82) is 0 Å². The Hall–Kier alpha value is -3.32. The summed E-state index contributed by atoms with van der Waals surface area (Å²) in [6, 6.07) is 12.0. The predicted octanol–water partition coefficient (Wildman–Crippen LogP) is 3.78. The molecule has 3 rings (SSSR count). The lowest BCUT2D eigenvalue weighted by Crippen LogP contribution is -2.35. The summed E-state index contributed by atoms with van der Waals surface area (Å²) in [6.07, 6.45) is 0.894. The van der Waals surface area contributed by atoms with Gasteiger partial charge in [-0.15, -0.1) is 0 Å². The first kappa shape index (κ1) is 24.3. The van der Waals surface area contributed by atoms with Crippen molar-refractivity contribution in [3.05, 3.63) is 64.7 Å². The molecule has 0 spiro atoms. The van der Waals surface area contributed by atoms with Crippen LogP contribution in [-0.4, -0.2) is 67.5 Å². The summed E-state index contributed by atoms with van der Waals surface area (Å²) in [5, 5.41) is 11.3. The first-order valence-corrected chi connectivity index (χ1v) is 11.1. The largest absolute Gasteiger partial charge is 0.507 e. The molecule has 1 amide bonds. The van der Waals surface area contributed by atoms with E-state index in [9.17, 15) is 14.7 Å². The number of likely N-dealkylation sites (tertiary alicyclic amines) is 1. The number of Topliss-reactive ketones (excluding diaryl/α,β-unsaturated/α-hetero) is 1. The Kier molecular flexibility index (Phi) is 7.76. The molecule has 0 radical (unpaired) electrons. The lowest BCUT2D eigenvalue weighted by molar-refractivity contribution is -0.140. The molecule has 1 unspecified atom stereocenters. The molecule has 1 saturated heterocycles. The number of hydrogen-bond donors (Lipinski definition) is 1. The second-order valence-corrected chi connectivity index (χ2v) is 8.42. The number of aliphatic hydroxyl groups excluding tert-OH is 1. The van der Waals surface area contributed by atoms with Crippen molar-refractivity contribution >= 4 is 17.4 Å². The summed E-state index contributed by atoms with van der Waals surface area (Å²) >= 11 is 0. The zero-order valence-corrected chi connectivity index (χ0v) is 19.9. The molecule has 33 heavy (non-hydrogen) atoms. The van der Waals surface area contributed by atoms with Gasteiger partial charge in [-0.2, -0.15) is 0 Å². The number of nitrogens with zero attached hydrogens (tertiary/aromatic N) is 2. The van der Waals surface area contributed by atoms with Gasteiger partial charge in [-0.3, -0.25) is 9.59 Å². The van der Waals surface area contributed by atoms with Crippen LogP contribution in [0.15, 0.2) is 48.0 Å². The zero-order chi connectivity index (χ0) is 24.1. The second-order valence-electron chi connectivity index (χ2n) is 8.42. The third-order valence-corrected chi connectivity index (χ3v) is 5.61. The molecule has 1 aliphatic heterocycles. The molecule has 1 heterocycles.